The van der Waals surface area contributed by atoms with Gasteiger partial charge in [-0.05, 0) is 42.0 Å². The van der Waals surface area contributed by atoms with Crippen molar-refractivity contribution in [3.63, 3.8) is 0 Å². The molecule has 0 fully saturated rings. The number of benzene rings is 2. The Morgan fingerprint density at radius 3 is 2.36 bits per heavy atom. The van der Waals surface area contributed by atoms with Crippen LogP contribution in [0.4, 0.5) is 0 Å². The molecule has 0 unspecified atom stereocenters. The molecular weight excluding hydrogens is 460 g/mol. The molecule has 166 valence electrons. The first-order chi connectivity index (χ1) is 16.1. The summed E-state index contributed by atoms with van der Waals surface area (Å²) in [6.07, 6.45) is 3.39. The SMILES string of the molecule is O=C(CSc1nnc(-c2ccncc2)n1Cc1ccccc1)NNC(=O)c1ccc(Cl)cc1. The highest BCUT2D eigenvalue weighted by molar-refractivity contribution is 7.99. The third-order valence-electron chi connectivity index (χ3n) is 4.59. The number of halogens is 1. The lowest BCUT2D eigenvalue weighted by Gasteiger charge is -2.11. The molecule has 33 heavy (non-hydrogen) atoms. The van der Waals surface area contributed by atoms with Crippen LogP contribution < -0.4 is 10.9 Å². The topological polar surface area (TPSA) is 102 Å². The average molecular weight is 479 g/mol. The Bertz CT molecular complexity index is 1230. The van der Waals surface area contributed by atoms with Gasteiger partial charge in [0, 0.05) is 28.5 Å². The quantitative estimate of drug-likeness (QED) is 0.311. The summed E-state index contributed by atoms with van der Waals surface area (Å²) in [6.45, 7) is 0.544. The molecule has 4 aromatic rings. The molecule has 0 saturated heterocycles. The molecular formula is C23H19ClN6O2S. The van der Waals surface area contributed by atoms with Crippen molar-refractivity contribution in [3.8, 4) is 11.4 Å². The number of aromatic nitrogens is 4. The van der Waals surface area contributed by atoms with Crippen molar-refractivity contribution in [1.29, 1.82) is 0 Å². The maximum atomic E-state index is 12.3. The molecule has 0 atom stereocenters. The van der Waals surface area contributed by atoms with Crippen molar-refractivity contribution >= 4 is 35.2 Å². The second-order valence-corrected chi connectivity index (χ2v) is 8.29. The predicted octanol–water partition coefficient (Wildman–Crippen LogP) is 3.60. The standard InChI is InChI=1S/C23H19ClN6O2S/c24-19-8-6-18(7-9-19)22(32)28-26-20(31)15-33-23-29-27-21(17-10-12-25-13-11-17)30(23)14-16-4-2-1-3-5-16/h1-13H,14-15H2,(H,26,31)(H,28,32). The number of nitrogens with one attached hydrogen (secondary N) is 2. The molecule has 0 bridgehead atoms. The van der Waals surface area contributed by atoms with E-state index < -0.39 is 5.91 Å². The van der Waals surface area contributed by atoms with Crippen molar-refractivity contribution in [3.05, 3.63) is 95.3 Å². The number of carbonyl (C=O) groups is 2. The van der Waals surface area contributed by atoms with Gasteiger partial charge in [-0.1, -0.05) is 53.7 Å². The number of hydrazine groups is 1. The summed E-state index contributed by atoms with van der Waals surface area (Å²) >= 11 is 7.06. The number of carbonyl (C=O) groups excluding carboxylic acids is 2. The van der Waals surface area contributed by atoms with Crippen molar-refractivity contribution in [2.24, 2.45) is 0 Å². The van der Waals surface area contributed by atoms with E-state index in [0.29, 0.717) is 28.1 Å². The van der Waals surface area contributed by atoms with Crippen LogP contribution in [0.2, 0.25) is 5.02 Å². The van der Waals surface area contributed by atoms with Crippen LogP contribution in [0.3, 0.4) is 0 Å². The van der Waals surface area contributed by atoms with Gasteiger partial charge in [0.05, 0.1) is 12.3 Å². The summed E-state index contributed by atoms with van der Waals surface area (Å²) in [7, 11) is 0. The summed E-state index contributed by atoms with van der Waals surface area (Å²) in [6, 6.07) is 20.0. The Morgan fingerprint density at radius 2 is 1.64 bits per heavy atom. The van der Waals surface area contributed by atoms with Crippen molar-refractivity contribution in [2.45, 2.75) is 11.7 Å². The second kappa shape index (κ2) is 10.8. The summed E-state index contributed by atoms with van der Waals surface area (Å²) in [5.41, 5.74) is 7.15. The van der Waals surface area contributed by atoms with Crippen molar-refractivity contribution < 1.29 is 9.59 Å². The Labute approximate surface area is 199 Å². The summed E-state index contributed by atoms with van der Waals surface area (Å²) < 4.78 is 1.95. The lowest BCUT2D eigenvalue weighted by atomic mass is 10.2. The van der Waals surface area contributed by atoms with Gasteiger partial charge in [0.2, 0.25) is 5.91 Å². The van der Waals surface area contributed by atoms with Gasteiger partial charge in [-0.3, -0.25) is 30.0 Å². The van der Waals surface area contributed by atoms with Gasteiger partial charge in [-0.2, -0.15) is 0 Å². The zero-order valence-electron chi connectivity index (χ0n) is 17.3. The Balaban J connectivity index is 1.42. The van der Waals surface area contributed by atoms with Crippen molar-refractivity contribution in [2.75, 3.05) is 5.75 Å². The lowest BCUT2D eigenvalue weighted by Crippen LogP contribution is -2.42. The second-order valence-electron chi connectivity index (χ2n) is 6.91. The van der Waals surface area contributed by atoms with Crippen molar-refractivity contribution in [1.82, 2.24) is 30.6 Å². The molecule has 0 radical (unpaired) electrons. The minimum atomic E-state index is -0.433. The minimum Gasteiger partial charge on any atom is -0.298 e. The largest absolute Gasteiger partial charge is 0.298 e. The van der Waals surface area contributed by atoms with E-state index in [1.54, 1.807) is 36.7 Å². The maximum Gasteiger partial charge on any atom is 0.269 e. The van der Waals surface area contributed by atoms with E-state index in [2.05, 4.69) is 26.0 Å². The first-order valence-electron chi connectivity index (χ1n) is 9.95. The van der Waals surface area contributed by atoms with E-state index in [-0.39, 0.29) is 11.7 Å². The minimum absolute atomic E-state index is 0.0458. The molecule has 4 rings (SSSR count). The molecule has 2 N–H and O–H groups in total. The molecule has 0 aliphatic rings. The highest BCUT2D eigenvalue weighted by atomic mass is 35.5. The maximum absolute atomic E-state index is 12.3. The summed E-state index contributed by atoms with van der Waals surface area (Å²) in [5, 5.41) is 9.73. The fourth-order valence-electron chi connectivity index (χ4n) is 2.98. The highest BCUT2D eigenvalue weighted by Crippen LogP contribution is 2.24. The van der Waals surface area contributed by atoms with Gasteiger partial charge in [0.25, 0.3) is 5.91 Å². The highest BCUT2D eigenvalue weighted by Gasteiger charge is 2.16. The van der Waals surface area contributed by atoms with Gasteiger partial charge in [-0.15, -0.1) is 10.2 Å². The van der Waals surface area contributed by atoms with E-state index in [1.165, 1.54) is 11.8 Å². The third-order valence-corrected chi connectivity index (χ3v) is 5.81. The third kappa shape index (κ3) is 5.97. The molecule has 0 aliphatic carbocycles. The van der Waals surface area contributed by atoms with Crippen LogP contribution in [0, 0.1) is 0 Å². The Kier molecular flexibility index (Phi) is 7.33. The zero-order valence-corrected chi connectivity index (χ0v) is 18.9. The number of hydrogen-bond acceptors (Lipinski definition) is 6. The molecule has 2 aromatic heterocycles. The predicted molar refractivity (Wildman–Crippen MR) is 127 cm³/mol. The van der Waals surface area contributed by atoms with Crippen LogP contribution in [0.25, 0.3) is 11.4 Å². The number of hydrogen-bond donors (Lipinski definition) is 2. The lowest BCUT2D eigenvalue weighted by molar-refractivity contribution is -0.119. The molecule has 0 spiro atoms. The molecule has 2 amide bonds. The van der Waals surface area contributed by atoms with Gasteiger partial charge in [0.15, 0.2) is 11.0 Å². The smallest absolute Gasteiger partial charge is 0.269 e. The molecule has 0 aliphatic heterocycles. The number of pyridine rings is 1. The van der Waals surface area contributed by atoms with Crippen LogP contribution in [0.1, 0.15) is 15.9 Å². The van der Waals surface area contributed by atoms with Gasteiger partial charge in [0.1, 0.15) is 0 Å². The average Bonchev–Trinajstić information content (AvgIpc) is 3.25. The van der Waals surface area contributed by atoms with Crippen LogP contribution >= 0.6 is 23.4 Å². The molecule has 10 heteroatoms. The number of amides is 2. The Hall–Kier alpha value is -3.69. The molecule has 2 heterocycles. The van der Waals surface area contributed by atoms with Gasteiger partial charge >= 0.3 is 0 Å². The number of nitrogens with zero attached hydrogens (tertiary/aromatic N) is 4. The van der Waals surface area contributed by atoms with Gasteiger partial charge < -0.3 is 0 Å². The van der Waals surface area contributed by atoms with E-state index in [0.717, 1.165) is 11.1 Å². The van der Waals surface area contributed by atoms with Crippen LogP contribution in [-0.2, 0) is 11.3 Å². The first kappa shape index (κ1) is 22.5. The monoisotopic (exact) mass is 478 g/mol. The van der Waals surface area contributed by atoms with Crippen LogP contribution in [0.15, 0.2) is 84.3 Å². The molecule has 8 nitrogen and oxygen atoms in total. The van der Waals surface area contributed by atoms with Gasteiger partial charge in [-0.25, -0.2) is 0 Å². The normalized spacial score (nSPS) is 10.6. The van der Waals surface area contributed by atoms with E-state index >= 15 is 0 Å². The summed E-state index contributed by atoms with van der Waals surface area (Å²) in [5.74, 6) is -0.0797. The van der Waals surface area contributed by atoms with E-state index in [4.69, 9.17) is 11.6 Å². The molecule has 0 saturated carbocycles. The fourth-order valence-corrected chi connectivity index (χ4v) is 3.85. The fraction of sp³-hybridized carbons (Fsp3) is 0.0870. The van der Waals surface area contributed by atoms with Crippen LogP contribution in [0.5, 0.6) is 0 Å². The number of rotatable bonds is 7. The molecule has 2 aromatic carbocycles. The Morgan fingerprint density at radius 1 is 0.909 bits per heavy atom. The van der Waals surface area contributed by atoms with E-state index in [9.17, 15) is 9.59 Å². The zero-order chi connectivity index (χ0) is 23.0. The van der Waals surface area contributed by atoms with Crippen LogP contribution in [-0.4, -0.2) is 37.3 Å². The first-order valence-corrected chi connectivity index (χ1v) is 11.3. The number of thioether (sulfide) groups is 1. The van der Waals surface area contributed by atoms with E-state index in [1.807, 2.05) is 47.0 Å². The summed E-state index contributed by atoms with van der Waals surface area (Å²) in [4.78, 5) is 28.5.